The Morgan fingerprint density at radius 3 is 2.59 bits per heavy atom. The first-order valence-corrected chi connectivity index (χ1v) is 7.58. The van der Waals surface area contributed by atoms with Crippen LogP contribution in [0.5, 0.6) is 0 Å². The number of ketones is 1. The highest BCUT2D eigenvalue weighted by Gasteiger charge is 2.34. The average molecular weight is 294 g/mol. The molecule has 112 valence electrons. The summed E-state index contributed by atoms with van der Waals surface area (Å²) in [5.74, 6) is -1.23. The zero-order valence-corrected chi connectivity index (χ0v) is 12.5. The molecule has 22 heavy (non-hydrogen) atoms. The van der Waals surface area contributed by atoms with Crippen LogP contribution in [0.2, 0.25) is 0 Å². The molecule has 0 heterocycles. The Hall–Kier alpha value is -2.42. The van der Waals surface area contributed by atoms with Crippen molar-refractivity contribution in [2.45, 2.75) is 25.7 Å². The van der Waals surface area contributed by atoms with Gasteiger partial charge in [0, 0.05) is 6.42 Å². The summed E-state index contributed by atoms with van der Waals surface area (Å²) in [5.41, 5.74) is 4.11. The topological polar surface area (TPSA) is 43.4 Å². The van der Waals surface area contributed by atoms with Gasteiger partial charge in [0.15, 0.2) is 5.78 Å². The predicted molar refractivity (Wildman–Crippen MR) is 84.6 cm³/mol. The minimum Gasteiger partial charge on any atom is -0.465 e. The summed E-state index contributed by atoms with van der Waals surface area (Å²) in [6.45, 7) is 2.05. The molecule has 0 spiro atoms. The van der Waals surface area contributed by atoms with Crippen LogP contribution in [-0.2, 0) is 20.7 Å². The van der Waals surface area contributed by atoms with Crippen LogP contribution in [0.1, 0.15) is 30.4 Å². The third-order valence-electron chi connectivity index (χ3n) is 4.05. The molecule has 0 saturated heterocycles. The Balaban J connectivity index is 1.99. The third kappa shape index (κ3) is 2.67. The summed E-state index contributed by atoms with van der Waals surface area (Å²) in [7, 11) is 0. The van der Waals surface area contributed by atoms with E-state index >= 15 is 0 Å². The lowest BCUT2D eigenvalue weighted by Gasteiger charge is -2.23. The van der Waals surface area contributed by atoms with Gasteiger partial charge in [0.25, 0.3) is 0 Å². The first-order valence-electron chi connectivity index (χ1n) is 7.58. The maximum absolute atomic E-state index is 12.1. The van der Waals surface area contributed by atoms with Crippen molar-refractivity contribution < 1.29 is 14.3 Å². The summed E-state index contributed by atoms with van der Waals surface area (Å²) in [4.78, 5) is 24.2. The molecule has 0 N–H and O–H groups in total. The molecule has 0 unspecified atom stereocenters. The second-order valence-electron chi connectivity index (χ2n) is 5.43. The van der Waals surface area contributed by atoms with Crippen LogP contribution < -0.4 is 0 Å². The number of aryl methyl sites for hydroxylation is 1. The molecule has 1 aliphatic carbocycles. The minimum absolute atomic E-state index is 0.0431. The summed E-state index contributed by atoms with van der Waals surface area (Å²) in [6.07, 6.45) is 1.08. The SMILES string of the molecule is CCOC(=O)[C@@H]1C(=O)CCc2cc(-c3ccccc3)ccc21. The van der Waals surface area contributed by atoms with Crippen LogP contribution in [0.3, 0.4) is 0 Å². The highest BCUT2D eigenvalue weighted by molar-refractivity contribution is 6.06. The van der Waals surface area contributed by atoms with Crippen molar-refractivity contribution in [1.29, 1.82) is 0 Å². The summed E-state index contributed by atoms with van der Waals surface area (Å²) < 4.78 is 5.06. The highest BCUT2D eigenvalue weighted by Crippen LogP contribution is 2.33. The molecule has 0 aromatic heterocycles. The third-order valence-corrected chi connectivity index (χ3v) is 4.05. The smallest absolute Gasteiger partial charge is 0.321 e. The number of Topliss-reactive ketones (excluding diaryl/α,β-unsaturated/α-hetero) is 1. The Kier molecular flexibility index (Phi) is 4.05. The number of hydrogen-bond acceptors (Lipinski definition) is 3. The van der Waals surface area contributed by atoms with E-state index in [-0.39, 0.29) is 5.78 Å². The van der Waals surface area contributed by atoms with Gasteiger partial charge in [-0.2, -0.15) is 0 Å². The van der Waals surface area contributed by atoms with Crippen LogP contribution in [0, 0.1) is 0 Å². The summed E-state index contributed by atoms with van der Waals surface area (Å²) in [5, 5.41) is 0. The molecule has 1 aliphatic rings. The molecule has 0 saturated carbocycles. The minimum atomic E-state index is -0.756. The fraction of sp³-hybridized carbons (Fsp3) is 0.263. The zero-order valence-electron chi connectivity index (χ0n) is 12.5. The zero-order chi connectivity index (χ0) is 15.5. The number of fused-ring (bicyclic) bond motifs is 1. The van der Waals surface area contributed by atoms with Gasteiger partial charge in [-0.25, -0.2) is 0 Å². The van der Waals surface area contributed by atoms with E-state index in [1.54, 1.807) is 6.92 Å². The molecular formula is C19H18O3. The van der Waals surface area contributed by atoms with Gasteiger partial charge in [-0.1, -0.05) is 48.5 Å². The van der Waals surface area contributed by atoms with E-state index in [9.17, 15) is 9.59 Å². The molecular weight excluding hydrogens is 276 g/mol. The number of carbonyl (C=O) groups excluding carboxylic acids is 2. The second kappa shape index (κ2) is 6.14. The van der Waals surface area contributed by atoms with Gasteiger partial charge >= 0.3 is 5.97 Å². The normalized spacial score (nSPS) is 17.0. The van der Waals surface area contributed by atoms with Gasteiger partial charge < -0.3 is 4.74 Å². The van der Waals surface area contributed by atoms with Crippen molar-refractivity contribution in [2.24, 2.45) is 0 Å². The quantitative estimate of drug-likeness (QED) is 0.642. The Labute approximate surface area is 129 Å². The number of rotatable bonds is 3. The van der Waals surface area contributed by atoms with Crippen LogP contribution in [0.15, 0.2) is 48.5 Å². The van der Waals surface area contributed by atoms with Crippen LogP contribution in [-0.4, -0.2) is 18.4 Å². The van der Waals surface area contributed by atoms with Crippen molar-refractivity contribution in [1.82, 2.24) is 0 Å². The van der Waals surface area contributed by atoms with Gasteiger partial charge in [0.1, 0.15) is 5.92 Å². The lowest BCUT2D eigenvalue weighted by Crippen LogP contribution is -2.29. The molecule has 3 nitrogen and oxygen atoms in total. The van der Waals surface area contributed by atoms with Crippen molar-refractivity contribution in [2.75, 3.05) is 6.61 Å². The molecule has 0 aliphatic heterocycles. The molecule has 0 bridgehead atoms. The van der Waals surface area contributed by atoms with Crippen molar-refractivity contribution >= 4 is 11.8 Å². The molecule has 0 fully saturated rings. The van der Waals surface area contributed by atoms with Gasteiger partial charge in [-0.15, -0.1) is 0 Å². The van der Waals surface area contributed by atoms with Crippen LogP contribution >= 0.6 is 0 Å². The van der Waals surface area contributed by atoms with Gasteiger partial charge in [-0.05, 0) is 35.6 Å². The number of ether oxygens (including phenoxy) is 1. The van der Waals surface area contributed by atoms with Gasteiger partial charge in [0.05, 0.1) is 6.61 Å². The Bertz CT molecular complexity index is 704. The van der Waals surface area contributed by atoms with Crippen LogP contribution in [0.4, 0.5) is 0 Å². The standard InChI is InChI=1S/C19H18O3/c1-2-22-19(21)18-16-10-8-14(13-6-4-3-5-7-13)12-15(16)9-11-17(18)20/h3-8,10,12,18H,2,9,11H2,1H3/t18-/m0/s1. The first kappa shape index (κ1) is 14.5. The van der Waals surface area contributed by atoms with Crippen molar-refractivity contribution in [3.05, 3.63) is 59.7 Å². The highest BCUT2D eigenvalue weighted by atomic mass is 16.5. The fourth-order valence-electron chi connectivity index (χ4n) is 2.97. The molecule has 3 rings (SSSR count). The number of carbonyl (C=O) groups is 2. The van der Waals surface area contributed by atoms with E-state index in [1.807, 2.05) is 30.3 Å². The predicted octanol–water partition coefficient (Wildman–Crippen LogP) is 3.52. The van der Waals surface area contributed by atoms with E-state index in [0.717, 1.165) is 22.3 Å². The lowest BCUT2D eigenvalue weighted by molar-refractivity contribution is -0.148. The Morgan fingerprint density at radius 2 is 1.86 bits per heavy atom. The second-order valence-corrected chi connectivity index (χ2v) is 5.43. The van der Waals surface area contributed by atoms with Gasteiger partial charge in [0.2, 0.25) is 0 Å². The fourth-order valence-corrected chi connectivity index (χ4v) is 2.97. The number of esters is 1. The molecule has 0 amide bonds. The van der Waals surface area contributed by atoms with Crippen molar-refractivity contribution in [3.8, 4) is 11.1 Å². The maximum Gasteiger partial charge on any atom is 0.321 e. The average Bonchev–Trinajstić information content (AvgIpc) is 2.55. The van der Waals surface area contributed by atoms with Crippen molar-refractivity contribution in [3.63, 3.8) is 0 Å². The largest absolute Gasteiger partial charge is 0.465 e. The number of hydrogen-bond donors (Lipinski definition) is 0. The maximum atomic E-state index is 12.1. The van der Waals surface area contributed by atoms with Gasteiger partial charge in [-0.3, -0.25) is 9.59 Å². The number of benzene rings is 2. The molecule has 1 atom stereocenters. The molecule has 2 aromatic rings. The van der Waals surface area contributed by atoms with E-state index in [1.165, 1.54) is 0 Å². The molecule has 3 heteroatoms. The van der Waals surface area contributed by atoms with E-state index in [2.05, 4.69) is 18.2 Å². The lowest BCUT2D eigenvalue weighted by atomic mass is 9.80. The van der Waals surface area contributed by atoms with E-state index in [0.29, 0.717) is 19.4 Å². The van der Waals surface area contributed by atoms with Crippen LogP contribution in [0.25, 0.3) is 11.1 Å². The molecule has 2 aromatic carbocycles. The summed E-state index contributed by atoms with van der Waals surface area (Å²) in [6, 6.07) is 16.0. The Morgan fingerprint density at radius 1 is 1.09 bits per heavy atom. The summed E-state index contributed by atoms with van der Waals surface area (Å²) >= 11 is 0. The first-order chi connectivity index (χ1) is 10.7. The van der Waals surface area contributed by atoms with E-state index in [4.69, 9.17) is 4.74 Å². The molecule has 0 radical (unpaired) electrons. The van der Waals surface area contributed by atoms with E-state index < -0.39 is 11.9 Å². The monoisotopic (exact) mass is 294 g/mol.